The number of carbonyl (C=O) groups is 2. The molecule has 5 heteroatoms. The van der Waals surface area contributed by atoms with Gasteiger partial charge in [-0.15, -0.1) is 0 Å². The zero-order valence-electron chi connectivity index (χ0n) is 7.27. The largest absolute Gasteiger partial charge is 0.479 e. The second-order valence-corrected chi connectivity index (χ2v) is 2.60. The first-order valence-electron chi connectivity index (χ1n) is 3.84. The van der Waals surface area contributed by atoms with E-state index >= 15 is 0 Å². The molecule has 0 spiro atoms. The Bertz CT molecular complexity index is 362. The molecule has 0 fully saturated rings. The summed E-state index contributed by atoms with van der Waals surface area (Å²) in [6.45, 7) is -0.645. The van der Waals surface area contributed by atoms with Crippen LogP contribution >= 0.6 is 0 Å². The van der Waals surface area contributed by atoms with Crippen LogP contribution in [0.1, 0.15) is 10.4 Å². The number of rotatable bonds is 3. The fourth-order valence-electron chi connectivity index (χ4n) is 0.876. The molecule has 0 amide bonds. The van der Waals surface area contributed by atoms with Gasteiger partial charge in [0.2, 0.25) is 0 Å². The van der Waals surface area contributed by atoms with Gasteiger partial charge in [-0.1, -0.05) is 6.07 Å². The first kappa shape index (κ1) is 10.0. The molecule has 0 atom stereocenters. The maximum absolute atomic E-state index is 11.2. The number of aliphatic carboxylic acids is 1. The first-order chi connectivity index (χ1) is 6.59. The Hall–Kier alpha value is -2.04. The van der Waals surface area contributed by atoms with Crippen molar-refractivity contribution in [3.8, 4) is 0 Å². The number of carbonyl (C=O) groups excluding carboxylic acids is 1. The third-order valence-corrected chi connectivity index (χ3v) is 1.45. The maximum atomic E-state index is 11.2. The molecule has 5 nitrogen and oxygen atoms in total. The molecule has 3 N–H and O–H groups in total. The van der Waals surface area contributed by atoms with Crippen LogP contribution in [-0.2, 0) is 9.53 Å². The average molecular weight is 195 g/mol. The van der Waals surface area contributed by atoms with Gasteiger partial charge < -0.3 is 15.6 Å². The van der Waals surface area contributed by atoms with Crippen LogP contribution < -0.4 is 5.73 Å². The molecule has 0 aliphatic rings. The van der Waals surface area contributed by atoms with E-state index in [0.717, 1.165) is 0 Å². The van der Waals surface area contributed by atoms with E-state index in [-0.39, 0.29) is 5.56 Å². The number of anilines is 1. The lowest BCUT2D eigenvalue weighted by molar-refractivity contribution is -0.140. The molecule has 1 aromatic rings. The van der Waals surface area contributed by atoms with Crippen LogP contribution in [0.2, 0.25) is 0 Å². The minimum absolute atomic E-state index is 0.242. The second kappa shape index (κ2) is 4.27. The summed E-state index contributed by atoms with van der Waals surface area (Å²) < 4.78 is 4.45. The third-order valence-electron chi connectivity index (χ3n) is 1.45. The number of hydrogen-bond donors (Lipinski definition) is 2. The van der Waals surface area contributed by atoms with Crippen LogP contribution in [0.5, 0.6) is 0 Å². The van der Waals surface area contributed by atoms with Gasteiger partial charge in [-0.25, -0.2) is 9.59 Å². The molecule has 0 saturated heterocycles. The highest BCUT2D eigenvalue weighted by Crippen LogP contribution is 2.07. The van der Waals surface area contributed by atoms with E-state index in [1.165, 1.54) is 12.1 Å². The summed E-state index contributed by atoms with van der Waals surface area (Å²) in [4.78, 5) is 21.3. The van der Waals surface area contributed by atoms with Crippen molar-refractivity contribution in [2.75, 3.05) is 12.3 Å². The molecule has 1 aromatic carbocycles. The quantitative estimate of drug-likeness (QED) is 0.541. The summed E-state index contributed by atoms with van der Waals surface area (Å²) in [7, 11) is 0. The molecule has 0 aromatic heterocycles. The molecule has 0 aliphatic carbocycles. The van der Waals surface area contributed by atoms with E-state index in [4.69, 9.17) is 10.8 Å². The lowest BCUT2D eigenvalue weighted by Gasteiger charge is -2.01. The van der Waals surface area contributed by atoms with Crippen molar-refractivity contribution in [3.05, 3.63) is 29.8 Å². The van der Waals surface area contributed by atoms with E-state index in [9.17, 15) is 9.59 Å². The lowest BCUT2D eigenvalue weighted by Crippen LogP contribution is -2.13. The molecular formula is C9H9NO4. The van der Waals surface area contributed by atoms with Crippen molar-refractivity contribution < 1.29 is 19.4 Å². The number of ether oxygens (including phenoxy) is 1. The smallest absolute Gasteiger partial charge is 0.341 e. The Balaban J connectivity index is 2.65. The Morgan fingerprint density at radius 3 is 2.71 bits per heavy atom. The standard InChI is InChI=1S/C9H9NO4/c10-7-3-1-2-6(4-7)9(13)14-5-8(11)12/h1-4H,5,10H2,(H,11,12). The Labute approximate surface area is 80.1 Å². The maximum Gasteiger partial charge on any atom is 0.341 e. The number of nitrogens with two attached hydrogens (primary N) is 1. The van der Waals surface area contributed by atoms with Crippen LogP contribution in [0.4, 0.5) is 5.69 Å². The predicted molar refractivity (Wildman–Crippen MR) is 48.8 cm³/mol. The number of esters is 1. The summed E-state index contributed by atoms with van der Waals surface area (Å²) >= 11 is 0. The summed E-state index contributed by atoms with van der Waals surface area (Å²) in [6, 6.07) is 6.13. The number of carboxylic acid groups (broad SMARTS) is 1. The van der Waals surface area contributed by atoms with E-state index in [1.54, 1.807) is 12.1 Å². The van der Waals surface area contributed by atoms with Crippen LogP contribution in [0.15, 0.2) is 24.3 Å². The number of carboxylic acids is 1. The molecule has 74 valence electrons. The third kappa shape index (κ3) is 2.78. The van der Waals surface area contributed by atoms with Gasteiger partial charge in [0, 0.05) is 5.69 Å². The second-order valence-electron chi connectivity index (χ2n) is 2.60. The monoisotopic (exact) mass is 195 g/mol. The van der Waals surface area contributed by atoms with Crippen molar-refractivity contribution >= 4 is 17.6 Å². The van der Waals surface area contributed by atoms with E-state index in [0.29, 0.717) is 5.69 Å². The van der Waals surface area contributed by atoms with E-state index in [1.807, 2.05) is 0 Å². The van der Waals surface area contributed by atoms with Gasteiger partial charge in [0.05, 0.1) is 5.56 Å². The Kier molecular flexibility index (Phi) is 3.06. The van der Waals surface area contributed by atoms with Gasteiger partial charge in [-0.05, 0) is 18.2 Å². The summed E-state index contributed by atoms with van der Waals surface area (Å²) in [5.74, 6) is -1.89. The van der Waals surface area contributed by atoms with Crippen molar-refractivity contribution in [3.63, 3.8) is 0 Å². The van der Waals surface area contributed by atoms with Crippen LogP contribution in [0, 0.1) is 0 Å². The molecule has 0 saturated carbocycles. The number of nitrogen functional groups attached to an aromatic ring is 1. The minimum Gasteiger partial charge on any atom is -0.479 e. The van der Waals surface area contributed by atoms with Crippen molar-refractivity contribution in [2.45, 2.75) is 0 Å². The van der Waals surface area contributed by atoms with Crippen LogP contribution in [0.25, 0.3) is 0 Å². The Morgan fingerprint density at radius 1 is 1.43 bits per heavy atom. The summed E-state index contributed by atoms with van der Waals surface area (Å²) in [6.07, 6.45) is 0. The molecular weight excluding hydrogens is 186 g/mol. The van der Waals surface area contributed by atoms with Gasteiger partial charge >= 0.3 is 11.9 Å². The fraction of sp³-hybridized carbons (Fsp3) is 0.111. The van der Waals surface area contributed by atoms with Gasteiger partial charge in [0.1, 0.15) is 0 Å². The van der Waals surface area contributed by atoms with Gasteiger partial charge in [-0.3, -0.25) is 0 Å². The zero-order valence-corrected chi connectivity index (χ0v) is 7.27. The van der Waals surface area contributed by atoms with Crippen molar-refractivity contribution in [1.82, 2.24) is 0 Å². The van der Waals surface area contributed by atoms with Crippen molar-refractivity contribution in [2.24, 2.45) is 0 Å². The zero-order chi connectivity index (χ0) is 10.6. The van der Waals surface area contributed by atoms with Crippen LogP contribution in [-0.4, -0.2) is 23.7 Å². The highest BCUT2D eigenvalue weighted by molar-refractivity contribution is 5.91. The van der Waals surface area contributed by atoms with Gasteiger partial charge in [-0.2, -0.15) is 0 Å². The molecule has 0 aliphatic heterocycles. The topological polar surface area (TPSA) is 89.6 Å². The summed E-state index contributed by atoms with van der Waals surface area (Å²) in [5.41, 5.74) is 6.10. The highest BCUT2D eigenvalue weighted by atomic mass is 16.5. The molecule has 14 heavy (non-hydrogen) atoms. The fourth-order valence-corrected chi connectivity index (χ4v) is 0.876. The summed E-state index contributed by atoms with van der Waals surface area (Å²) in [5, 5.41) is 8.26. The van der Waals surface area contributed by atoms with Gasteiger partial charge in [0.15, 0.2) is 6.61 Å². The highest BCUT2D eigenvalue weighted by Gasteiger charge is 2.08. The Morgan fingerprint density at radius 2 is 2.14 bits per heavy atom. The molecule has 1 rings (SSSR count). The van der Waals surface area contributed by atoms with E-state index in [2.05, 4.69) is 4.74 Å². The SMILES string of the molecule is Nc1cccc(C(=O)OCC(=O)O)c1. The first-order valence-corrected chi connectivity index (χ1v) is 3.84. The van der Waals surface area contributed by atoms with Crippen molar-refractivity contribution in [1.29, 1.82) is 0 Å². The molecule has 0 bridgehead atoms. The van der Waals surface area contributed by atoms with E-state index < -0.39 is 18.5 Å². The molecule has 0 heterocycles. The minimum atomic E-state index is -1.19. The number of benzene rings is 1. The lowest BCUT2D eigenvalue weighted by atomic mass is 10.2. The molecule has 0 unspecified atom stereocenters. The van der Waals surface area contributed by atoms with Crippen LogP contribution in [0.3, 0.4) is 0 Å². The number of hydrogen-bond acceptors (Lipinski definition) is 4. The van der Waals surface area contributed by atoms with Gasteiger partial charge in [0.25, 0.3) is 0 Å². The normalized spacial score (nSPS) is 9.43. The predicted octanol–water partition coefficient (Wildman–Crippen LogP) is 0.510. The molecule has 0 radical (unpaired) electrons. The average Bonchev–Trinajstić information content (AvgIpc) is 2.14.